The number of aromatic nitrogens is 2. The predicted molar refractivity (Wildman–Crippen MR) is 131 cm³/mol. The highest BCUT2D eigenvalue weighted by atomic mass is 16.5. The highest BCUT2D eigenvalue weighted by Gasteiger charge is 2.23. The number of carbonyl (C=O) groups is 1. The van der Waals surface area contributed by atoms with Gasteiger partial charge in [0.25, 0.3) is 11.5 Å². The van der Waals surface area contributed by atoms with E-state index in [0.29, 0.717) is 24.5 Å². The number of carbonyl (C=O) groups excluding carboxylic acids is 1. The van der Waals surface area contributed by atoms with Gasteiger partial charge in [-0.3, -0.25) is 14.0 Å². The molecule has 0 saturated carbocycles. The van der Waals surface area contributed by atoms with Gasteiger partial charge < -0.3 is 9.64 Å². The third-order valence-corrected chi connectivity index (χ3v) is 5.95. The van der Waals surface area contributed by atoms with Crippen LogP contribution in [0.3, 0.4) is 0 Å². The van der Waals surface area contributed by atoms with Crippen molar-refractivity contribution in [2.24, 2.45) is 0 Å². The average molecular weight is 457 g/mol. The van der Waals surface area contributed by atoms with E-state index in [1.54, 1.807) is 29.3 Å². The number of nitrogens with zero attached hydrogens (tertiary/aromatic N) is 4. The summed E-state index contributed by atoms with van der Waals surface area (Å²) in [5.74, 6) is 0.190. The van der Waals surface area contributed by atoms with Gasteiger partial charge >= 0.3 is 0 Å². The van der Waals surface area contributed by atoms with Gasteiger partial charge in [-0.1, -0.05) is 39.0 Å². The number of ether oxygens (including phenoxy) is 1. The second-order valence-corrected chi connectivity index (χ2v) is 9.46. The Labute approximate surface area is 198 Å². The monoisotopic (exact) mass is 456 g/mol. The molecule has 4 rings (SSSR count). The quantitative estimate of drug-likeness (QED) is 0.419. The largest absolute Gasteiger partial charge is 0.438 e. The van der Waals surface area contributed by atoms with E-state index < -0.39 is 5.56 Å². The summed E-state index contributed by atoms with van der Waals surface area (Å²) in [6.45, 7) is 7.59. The number of hydrogen-bond acceptors (Lipinski definition) is 5. The number of fused-ring (bicyclic) bond motifs is 1. The van der Waals surface area contributed by atoms with E-state index in [2.05, 4.69) is 25.8 Å². The third-order valence-electron chi connectivity index (χ3n) is 5.95. The lowest BCUT2D eigenvalue weighted by atomic mass is 9.87. The topological polar surface area (TPSA) is 87.7 Å². The van der Waals surface area contributed by atoms with Gasteiger partial charge in [0.1, 0.15) is 28.6 Å². The minimum atomic E-state index is -0.411. The molecular formula is C27H28N4O3. The summed E-state index contributed by atoms with van der Waals surface area (Å²) in [7, 11) is 0. The number of likely N-dealkylation sites (tertiary alicyclic amines) is 1. The maximum atomic E-state index is 13.3. The molecule has 2 aromatic heterocycles. The fourth-order valence-corrected chi connectivity index (χ4v) is 3.97. The molecule has 0 radical (unpaired) electrons. The van der Waals surface area contributed by atoms with Crippen LogP contribution in [0.5, 0.6) is 11.6 Å². The number of nitriles is 1. The summed E-state index contributed by atoms with van der Waals surface area (Å²) in [4.78, 5) is 32.5. The minimum absolute atomic E-state index is 0.0109. The van der Waals surface area contributed by atoms with Crippen molar-refractivity contribution in [1.29, 1.82) is 5.26 Å². The molecule has 174 valence electrons. The summed E-state index contributed by atoms with van der Waals surface area (Å²) in [6.07, 6.45) is 5.79. The zero-order valence-corrected chi connectivity index (χ0v) is 19.7. The molecule has 7 nitrogen and oxygen atoms in total. The Bertz CT molecular complexity index is 1340. The number of hydrogen-bond donors (Lipinski definition) is 0. The van der Waals surface area contributed by atoms with Crippen molar-refractivity contribution in [2.75, 3.05) is 13.1 Å². The van der Waals surface area contributed by atoms with E-state index in [-0.39, 0.29) is 28.3 Å². The predicted octanol–water partition coefficient (Wildman–Crippen LogP) is 4.70. The van der Waals surface area contributed by atoms with Crippen molar-refractivity contribution in [3.63, 3.8) is 0 Å². The van der Waals surface area contributed by atoms with E-state index in [4.69, 9.17) is 4.74 Å². The Balaban J connectivity index is 1.78. The molecule has 1 amide bonds. The molecule has 0 N–H and O–H groups in total. The van der Waals surface area contributed by atoms with Crippen molar-refractivity contribution in [3.8, 4) is 17.7 Å². The van der Waals surface area contributed by atoms with Crippen molar-refractivity contribution in [3.05, 3.63) is 75.7 Å². The number of pyridine rings is 1. The minimum Gasteiger partial charge on any atom is -0.438 e. The maximum Gasteiger partial charge on any atom is 0.269 e. The zero-order chi connectivity index (χ0) is 24.3. The normalized spacial score (nSPS) is 14.6. The van der Waals surface area contributed by atoms with Gasteiger partial charge in [0.05, 0.1) is 0 Å². The Morgan fingerprint density at radius 1 is 1.09 bits per heavy atom. The van der Waals surface area contributed by atoms with Crippen LogP contribution in [0, 0.1) is 11.3 Å². The Morgan fingerprint density at radius 2 is 1.79 bits per heavy atom. The SMILES string of the molecule is CC(C)(C)c1ccc(Oc2nc3ccccn3c(=O)c2/C=C(\C#N)C(=O)N2CCCCC2)cc1. The lowest BCUT2D eigenvalue weighted by molar-refractivity contribution is -0.127. The second kappa shape index (κ2) is 9.52. The highest BCUT2D eigenvalue weighted by molar-refractivity contribution is 6.02. The molecule has 1 aliphatic rings. The van der Waals surface area contributed by atoms with Crippen LogP contribution in [0.4, 0.5) is 0 Å². The Hall–Kier alpha value is -3.92. The van der Waals surface area contributed by atoms with E-state index >= 15 is 0 Å². The molecule has 0 unspecified atom stereocenters. The van der Waals surface area contributed by atoms with Crippen LogP contribution in [0.2, 0.25) is 0 Å². The first-order chi connectivity index (χ1) is 16.3. The van der Waals surface area contributed by atoms with Gasteiger partial charge in [-0.05, 0) is 60.6 Å². The molecule has 1 aromatic carbocycles. The van der Waals surface area contributed by atoms with Gasteiger partial charge in [-0.15, -0.1) is 0 Å². The lowest BCUT2D eigenvalue weighted by Crippen LogP contribution is -2.36. The molecule has 3 aromatic rings. The molecule has 1 saturated heterocycles. The third kappa shape index (κ3) is 4.86. The first kappa shape index (κ1) is 23.2. The van der Waals surface area contributed by atoms with Crippen molar-refractivity contribution in [2.45, 2.75) is 45.4 Å². The Kier molecular flexibility index (Phi) is 6.51. The van der Waals surface area contributed by atoms with Gasteiger partial charge in [0.15, 0.2) is 0 Å². The summed E-state index contributed by atoms with van der Waals surface area (Å²) >= 11 is 0. The van der Waals surface area contributed by atoms with E-state index in [1.807, 2.05) is 30.3 Å². The van der Waals surface area contributed by atoms with Gasteiger partial charge in [-0.25, -0.2) is 0 Å². The van der Waals surface area contributed by atoms with E-state index in [1.165, 1.54) is 10.5 Å². The standard InChI is InChI=1S/C27H28N4O3/c1-27(2,3)20-10-12-21(13-11-20)34-24-22(26(33)31-16-8-5-9-23(31)29-24)17-19(18-28)25(32)30-14-6-4-7-15-30/h5,8-13,16-17H,4,6-7,14-15H2,1-3H3/b19-17+. The fourth-order valence-electron chi connectivity index (χ4n) is 3.97. The Morgan fingerprint density at radius 3 is 2.44 bits per heavy atom. The first-order valence-corrected chi connectivity index (χ1v) is 11.5. The molecule has 0 spiro atoms. The van der Waals surface area contributed by atoms with Crippen molar-refractivity contribution < 1.29 is 9.53 Å². The summed E-state index contributed by atoms with van der Waals surface area (Å²) < 4.78 is 7.41. The lowest BCUT2D eigenvalue weighted by Gasteiger charge is -2.26. The van der Waals surface area contributed by atoms with Crippen molar-refractivity contribution in [1.82, 2.24) is 14.3 Å². The smallest absolute Gasteiger partial charge is 0.269 e. The first-order valence-electron chi connectivity index (χ1n) is 11.5. The van der Waals surface area contributed by atoms with Crippen LogP contribution in [-0.2, 0) is 10.2 Å². The zero-order valence-electron chi connectivity index (χ0n) is 19.7. The molecule has 0 aliphatic carbocycles. The molecule has 34 heavy (non-hydrogen) atoms. The van der Waals surface area contributed by atoms with Gasteiger partial charge in [0.2, 0.25) is 5.88 Å². The van der Waals surface area contributed by atoms with Gasteiger partial charge in [-0.2, -0.15) is 10.2 Å². The van der Waals surface area contributed by atoms with E-state index in [9.17, 15) is 14.9 Å². The van der Waals surface area contributed by atoms with Crippen LogP contribution in [0.1, 0.15) is 51.2 Å². The fraction of sp³-hybridized carbons (Fsp3) is 0.333. The summed E-state index contributed by atoms with van der Waals surface area (Å²) in [6, 6.07) is 14.8. The molecule has 7 heteroatoms. The molecule has 1 fully saturated rings. The number of amides is 1. The van der Waals surface area contributed by atoms with Crippen LogP contribution in [0.15, 0.2) is 59.0 Å². The molecule has 1 aliphatic heterocycles. The van der Waals surface area contributed by atoms with Crippen molar-refractivity contribution >= 4 is 17.6 Å². The summed E-state index contributed by atoms with van der Waals surface area (Å²) in [5.41, 5.74) is 1.08. The van der Waals surface area contributed by atoms with Crippen LogP contribution in [-0.4, -0.2) is 33.3 Å². The number of piperidine rings is 1. The summed E-state index contributed by atoms with van der Waals surface area (Å²) in [5, 5.41) is 9.74. The highest BCUT2D eigenvalue weighted by Crippen LogP contribution is 2.28. The number of rotatable bonds is 4. The molecule has 0 bridgehead atoms. The molecular weight excluding hydrogens is 428 g/mol. The van der Waals surface area contributed by atoms with Crippen LogP contribution >= 0.6 is 0 Å². The number of benzene rings is 1. The van der Waals surface area contributed by atoms with Crippen LogP contribution in [0.25, 0.3) is 11.7 Å². The molecule has 0 atom stereocenters. The van der Waals surface area contributed by atoms with Crippen LogP contribution < -0.4 is 10.3 Å². The molecule has 3 heterocycles. The second-order valence-electron chi connectivity index (χ2n) is 9.46. The maximum absolute atomic E-state index is 13.3. The van der Waals surface area contributed by atoms with Gasteiger partial charge in [0, 0.05) is 19.3 Å². The average Bonchev–Trinajstić information content (AvgIpc) is 2.84. The van der Waals surface area contributed by atoms with E-state index in [0.717, 1.165) is 24.8 Å².